The van der Waals surface area contributed by atoms with Crippen LogP contribution in [0.25, 0.3) is 0 Å². The Morgan fingerprint density at radius 3 is 2.86 bits per heavy atom. The van der Waals surface area contributed by atoms with Crippen LogP contribution in [0, 0.1) is 0 Å². The average Bonchev–Trinajstić information content (AvgIpc) is 3.16. The molecule has 0 bridgehead atoms. The molecule has 1 atom stereocenters. The van der Waals surface area contributed by atoms with Gasteiger partial charge in [0.25, 0.3) is 10.0 Å². The summed E-state index contributed by atoms with van der Waals surface area (Å²) in [4.78, 5) is 8.19. The smallest absolute Gasteiger partial charge is 0.262 e. The third-order valence-electron chi connectivity index (χ3n) is 3.88. The zero-order valence-corrected chi connectivity index (χ0v) is 13.4. The molecule has 3 rings (SSSR count). The Bertz CT molecular complexity index is 771. The lowest BCUT2D eigenvalue weighted by atomic mass is 10.1. The molecule has 3 heterocycles. The van der Waals surface area contributed by atoms with E-state index in [1.165, 1.54) is 12.5 Å². The van der Waals surface area contributed by atoms with E-state index < -0.39 is 10.0 Å². The van der Waals surface area contributed by atoms with Crippen LogP contribution in [-0.2, 0) is 17.1 Å². The topological polar surface area (TPSA) is 80.1 Å². The minimum Gasteiger partial charge on any atom is -0.373 e. The molecule has 0 aromatic carbocycles. The van der Waals surface area contributed by atoms with Crippen molar-refractivity contribution in [2.45, 2.75) is 23.9 Å². The lowest BCUT2D eigenvalue weighted by molar-refractivity contribution is 0.395. The molecule has 1 N–H and O–H groups in total. The maximum absolute atomic E-state index is 12.8. The molecular formula is C14H19N5O2S. The fourth-order valence-corrected chi connectivity index (χ4v) is 4.45. The monoisotopic (exact) mass is 321 g/mol. The Hall–Kier alpha value is -1.93. The number of anilines is 1. The van der Waals surface area contributed by atoms with E-state index in [9.17, 15) is 8.42 Å². The number of pyridine rings is 1. The summed E-state index contributed by atoms with van der Waals surface area (Å²) in [5, 5.41) is 3.09. The fourth-order valence-electron chi connectivity index (χ4n) is 2.79. The molecule has 118 valence electrons. The van der Waals surface area contributed by atoms with Gasteiger partial charge in [-0.2, -0.15) is 4.31 Å². The maximum Gasteiger partial charge on any atom is 0.262 e. The quantitative estimate of drug-likeness (QED) is 0.920. The lowest BCUT2D eigenvalue weighted by Crippen LogP contribution is -2.31. The number of nitrogens with one attached hydrogen (secondary N) is 1. The summed E-state index contributed by atoms with van der Waals surface area (Å²) in [6.07, 6.45) is 6.39. The van der Waals surface area contributed by atoms with E-state index in [-0.39, 0.29) is 11.1 Å². The standard InChI is InChI=1S/C14H19N5O2S/c1-15-13-8-11(5-6-16-13)12-4-3-7-19(12)22(20,21)14-9-18(2)10-17-14/h5-6,8-10,12H,3-4,7H2,1-2H3,(H,15,16). The molecule has 1 fully saturated rings. The predicted octanol–water partition coefficient (Wildman–Crippen LogP) is 1.38. The molecule has 1 aliphatic rings. The van der Waals surface area contributed by atoms with Crippen LogP contribution in [0.2, 0.25) is 0 Å². The van der Waals surface area contributed by atoms with Crippen LogP contribution >= 0.6 is 0 Å². The molecule has 2 aromatic rings. The van der Waals surface area contributed by atoms with Crippen molar-refractivity contribution in [3.63, 3.8) is 0 Å². The van der Waals surface area contributed by atoms with Gasteiger partial charge in [0.15, 0.2) is 5.03 Å². The molecule has 7 nitrogen and oxygen atoms in total. The number of nitrogens with zero attached hydrogens (tertiary/aromatic N) is 4. The first-order chi connectivity index (χ1) is 10.5. The van der Waals surface area contributed by atoms with E-state index >= 15 is 0 Å². The highest BCUT2D eigenvalue weighted by atomic mass is 32.2. The van der Waals surface area contributed by atoms with Gasteiger partial charge >= 0.3 is 0 Å². The predicted molar refractivity (Wildman–Crippen MR) is 82.9 cm³/mol. The first-order valence-corrected chi connectivity index (χ1v) is 8.60. The molecule has 0 spiro atoms. The average molecular weight is 321 g/mol. The van der Waals surface area contributed by atoms with Crippen LogP contribution < -0.4 is 5.32 Å². The summed E-state index contributed by atoms with van der Waals surface area (Å²) in [6, 6.07) is 3.61. The Morgan fingerprint density at radius 1 is 1.36 bits per heavy atom. The summed E-state index contributed by atoms with van der Waals surface area (Å²) in [6.45, 7) is 0.515. The Labute approximate surface area is 130 Å². The molecule has 22 heavy (non-hydrogen) atoms. The number of hydrogen-bond acceptors (Lipinski definition) is 5. The Balaban J connectivity index is 1.96. The molecule has 1 unspecified atom stereocenters. The molecule has 0 amide bonds. The lowest BCUT2D eigenvalue weighted by Gasteiger charge is -2.23. The van der Waals surface area contributed by atoms with Crippen LogP contribution in [0.1, 0.15) is 24.4 Å². The van der Waals surface area contributed by atoms with Gasteiger partial charge in [-0.25, -0.2) is 18.4 Å². The van der Waals surface area contributed by atoms with Gasteiger partial charge in [-0.3, -0.25) is 0 Å². The SMILES string of the molecule is CNc1cc(C2CCCN2S(=O)(=O)c2cn(C)cn2)ccn1. The van der Waals surface area contributed by atoms with Crippen molar-refractivity contribution < 1.29 is 8.42 Å². The van der Waals surface area contributed by atoms with Gasteiger partial charge in [0.1, 0.15) is 5.82 Å². The van der Waals surface area contributed by atoms with Gasteiger partial charge in [-0.1, -0.05) is 0 Å². The molecule has 1 saturated heterocycles. The van der Waals surface area contributed by atoms with E-state index in [0.29, 0.717) is 6.54 Å². The van der Waals surface area contributed by atoms with Crippen molar-refractivity contribution in [3.05, 3.63) is 36.4 Å². The molecule has 8 heteroatoms. The van der Waals surface area contributed by atoms with Gasteiger partial charge in [0.05, 0.1) is 12.4 Å². The molecule has 0 radical (unpaired) electrons. The third-order valence-corrected chi connectivity index (χ3v) is 5.68. The Kier molecular flexibility index (Phi) is 3.88. The van der Waals surface area contributed by atoms with E-state index in [1.807, 2.05) is 12.1 Å². The third kappa shape index (κ3) is 2.59. The van der Waals surface area contributed by atoms with Crippen LogP contribution in [0.3, 0.4) is 0 Å². The van der Waals surface area contributed by atoms with Gasteiger partial charge in [-0.15, -0.1) is 0 Å². The second-order valence-electron chi connectivity index (χ2n) is 5.38. The van der Waals surface area contributed by atoms with Crippen molar-refractivity contribution >= 4 is 15.8 Å². The van der Waals surface area contributed by atoms with Gasteiger partial charge in [0, 0.05) is 33.0 Å². The summed E-state index contributed by atoms with van der Waals surface area (Å²) >= 11 is 0. The van der Waals surface area contributed by atoms with Gasteiger partial charge < -0.3 is 9.88 Å². The van der Waals surface area contributed by atoms with Crippen molar-refractivity contribution in [1.29, 1.82) is 0 Å². The van der Waals surface area contributed by atoms with E-state index in [1.54, 1.807) is 29.2 Å². The van der Waals surface area contributed by atoms with Gasteiger partial charge in [-0.05, 0) is 30.5 Å². The zero-order chi connectivity index (χ0) is 15.7. The number of hydrogen-bond donors (Lipinski definition) is 1. The first kappa shape index (κ1) is 15.0. The van der Waals surface area contributed by atoms with Crippen molar-refractivity contribution in [1.82, 2.24) is 18.8 Å². The fraction of sp³-hybridized carbons (Fsp3) is 0.429. The molecule has 0 saturated carbocycles. The number of rotatable bonds is 4. The zero-order valence-electron chi connectivity index (χ0n) is 12.6. The number of sulfonamides is 1. The highest BCUT2D eigenvalue weighted by Gasteiger charge is 2.37. The minimum atomic E-state index is -3.57. The highest BCUT2D eigenvalue weighted by molar-refractivity contribution is 7.89. The van der Waals surface area contributed by atoms with E-state index in [4.69, 9.17) is 0 Å². The second kappa shape index (κ2) is 5.69. The van der Waals surface area contributed by atoms with Crippen molar-refractivity contribution in [3.8, 4) is 0 Å². The van der Waals surface area contributed by atoms with Crippen molar-refractivity contribution in [2.24, 2.45) is 7.05 Å². The molecular weight excluding hydrogens is 302 g/mol. The number of aromatic nitrogens is 3. The van der Waals surface area contributed by atoms with Crippen LogP contribution in [0.5, 0.6) is 0 Å². The molecule has 0 aliphatic carbocycles. The summed E-state index contributed by atoms with van der Waals surface area (Å²) < 4.78 is 28.8. The maximum atomic E-state index is 12.8. The van der Waals surface area contributed by atoms with Crippen LogP contribution in [0.15, 0.2) is 35.9 Å². The summed E-state index contributed by atoms with van der Waals surface area (Å²) in [5.41, 5.74) is 0.955. The molecule has 2 aromatic heterocycles. The van der Waals surface area contributed by atoms with Gasteiger partial charge in [0.2, 0.25) is 0 Å². The highest BCUT2D eigenvalue weighted by Crippen LogP contribution is 2.36. The van der Waals surface area contributed by atoms with E-state index in [0.717, 1.165) is 24.2 Å². The Morgan fingerprint density at radius 2 is 2.18 bits per heavy atom. The largest absolute Gasteiger partial charge is 0.373 e. The summed E-state index contributed by atoms with van der Waals surface area (Å²) in [7, 11) is -0.0199. The molecule has 1 aliphatic heterocycles. The normalized spacial score (nSPS) is 19.5. The minimum absolute atomic E-state index is 0.102. The number of imidazole rings is 1. The van der Waals surface area contributed by atoms with Crippen LogP contribution in [-0.4, -0.2) is 40.9 Å². The first-order valence-electron chi connectivity index (χ1n) is 7.16. The summed E-state index contributed by atoms with van der Waals surface area (Å²) in [5.74, 6) is 0.736. The second-order valence-corrected chi connectivity index (χ2v) is 7.21. The van der Waals surface area contributed by atoms with Crippen molar-refractivity contribution in [2.75, 3.05) is 18.9 Å². The number of aryl methyl sites for hydroxylation is 1. The van der Waals surface area contributed by atoms with E-state index in [2.05, 4.69) is 15.3 Å². The van der Waals surface area contributed by atoms with Crippen LogP contribution in [0.4, 0.5) is 5.82 Å².